The largest absolute Gasteiger partial charge is 0.332 e. The van der Waals surface area contributed by atoms with Gasteiger partial charge in [0.1, 0.15) is 0 Å². The third-order valence-corrected chi connectivity index (χ3v) is 5.71. The van der Waals surface area contributed by atoms with E-state index in [9.17, 15) is 4.79 Å². The van der Waals surface area contributed by atoms with Crippen molar-refractivity contribution in [3.05, 3.63) is 59.0 Å². The van der Waals surface area contributed by atoms with Gasteiger partial charge < -0.3 is 4.90 Å². The van der Waals surface area contributed by atoms with Crippen LogP contribution in [0.4, 0.5) is 0 Å². The van der Waals surface area contributed by atoms with Gasteiger partial charge in [0.05, 0.1) is 35.4 Å². The summed E-state index contributed by atoms with van der Waals surface area (Å²) >= 11 is 0. The van der Waals surface area contributed by atoms with Crippen molar-refractivity contribution < 1.29 is 4.79 Å². The van der Waals surface area contributed by atoms with E-state index in [1.807, 2.05) is 34.4 Å². The van der Waals surface area contributed by atoms with Gasteiger partial charge in [0.25, 0.3) is 5.91 Å². The molecule has 1 fully saturated rings. The van der Waals surface area contributed by atoms with Crippen LogP contribution in [0.1, 0.15) is 46.1 Å². The minimum Gasteiger partial charge on any atom is -0.332 e. The first-order chi connectivity index (χ1) is 13.1. The van der Waals surface area contributed by atoms with Crippen LogP contribution in [0.25, 0.3) is 11.3 Å². The van der Waals surface area contributed by atoms with Crippen molar-refractivity contribution in [1.29, 1.82) is 0 Å². The SMILES string of the molecule is Cn1nc2c(c1-c1ccccc1)CCN(C(=O)c1cnn(C)c1C1CC1)C2. The monoisotopic (exact) mass is 361 g/mol. The summed E-state index contributed by atoms with van der Waals surface area (Å²) in [5.74, 6) is 0.582. The number of carbonyl (C=O) groups excluding carboxylic acids is 1. The van der Waals surface area contributed by atoms with E-state index in [2.05, 4.69) is 29.4 Å². The number of amides is 1. The highest BCUT2D eigenvalue weighted by molar-refractivity contribution is 5.95. The van der Waals surface area contributed by atoms with Crippen molar-refractivity contribution in [3.63, 3.8) is 0 Å². The van der Waals surface area contributed by atoms with Crippen molar-refractivity contribution >= 4 is 5.91 Å². The fraction of sp³-hybridized carbons (Fsp3) is 0.381. The molecular formula is C21H23N5O. The third-order valence-electron chi connectivity index (χ3n) is 5.71. The van der Waals surface area contributed by atoms with Crippen LogP contribution in [0.2, 0.25) is 0 Å². The fourth-order valence-corrected chi connectivity index (χ4v) is 4.27. The van der Waals surface area contributed by atoms with Crippen molar-refractivity contribution in [1.82, 2.24) is 24.5 Å². The summed E-state index contributed by atoms with van der Waals surface area (Å²) < 4.78 is 3.82. The van der Waals surface area contributed by atoms with Gasteiger partial charge in [-0.1, -0.05) is 30.3 Å². The third kappa shape index (κ3) is 2.67. The highest BCUT2D eigenvalue weighted by atomic mass is 16.2. The topological polar surface area (TPSA) is 56.0 Å². The Balaban J connectivity index is 1.45. The van der Waals surface area contributed by atoms with Gasteiger partial charge in [-0.05, 0) is 19.3 Å². The van der Waals surface area contributed by atoms with Gasteiger partial charge in [0.15, 0.2) is 0 Å². The Morgan fingerprint density at radius 2 is 1.89 bits per heavy atom. The molecule has 1 saturated carbocycles. The number of aromatic nitrogens is 4. The molecule has 6 heteroatoms. The van der Waals surface area contributed by atoms with Gasteiger partial charge in [0, 0.05) is 37.7 Å². The number of benzene rings is 1. The molecule has 3 heterocycles. The van der Waals surface area contributed by atoms with Crippen LogP contribution >= 0.6 is 0 Å². The molecule has 1 aromatic carbocycles. The van der Waals surface area contributed by atoms with Gasteiger partial charge in [-0.15, -0.1) is 0 Å². The average Bonchev–Trinajstić information content (AvgIpc) is 3.36. The Morgan fingerprint density at radius 1 is 1.11 bits per heavy atom. The second kappa shape index (κ2) is 6.08. The van der Waals surface area contributed by atoms with Crippen LogP contribution < -0.4 is 0 Å². The molecule has 27 heavy (non-hydrogen) atoms. The molecule has 2 aromatic heterocycles. The van der Waals surface area contributed by atoms with E-state index in [0.717, 1.165) is 48.5 Å². The first-order valence-electron chi connectivity index (χ1n) is 9.55. The van der Waals surface area contributed by atoms with Crippen molar-refractivity contribution in [2.45, 2.75) is 31.7 Å². The van der Waals surface area contributed by atoms with Crippen LogP contribution in [0.3, 0.4) is 0 Å². The quantitative estimate of drug-likeness (QED) is 0.721. The van der Waals surface area contributed by atoms with Crippen LogP contribution in [0.5, 0.6) is 0 Å². The van der Waals surface area contributed by atoms with Crippen LogP contribution in [0.15, 0.2) is 36.5 Å². The lowest BCUT2D eigenvalue weighted by Crippen LogP contribution is -2.36. The molecule has 3 aromatic rings. The Kier molecular flexibility index (Phi) is 3.67. The standard InChI is InChI=1S/C21H23N5O/c1-24-20(15-8-9-15)17(12-22-24)21(27)26-11-10-16-18(13-26)23-25(2)19(16)14-6-4-3-5-7-14/h3-7,12,15H,8-11,13H2,1-2H3. The minimum absolute atomic E-state index is 0.0857. The van der Waals surface area contributed by atoms with Crippen molar-refractivity contribution in [2.24, 2.45) is 14.1 Å². The molecule has 6 nitrogen and oxygen atoms in total. The summed E-state index contributed by atoms with van der Waals surface area (Å²) in [7, 11) is 3.92. The smallest absolute Gasteiger partial charge is 0.257 e. The van der Waals surface area contributed by atoms with Gasteiger partial charge in [-0.3, -0.25) is 14.2 Å². The van der Waals surface area contributed by atoms with Gasteiger partial charge in [-0.25, -0.2) is 0 Å². The summed E-state index contributed by atoms with van der Waals surface area (Å²) in [6.07, 6.45) is 4.88. The highest BCUT2D eigenvalue weighted by Gasteiger charge is 2.34. The van der Waals surface area contributed by atoms with E-state index in [1.54, 1.807) is 6.20 Å². The van der Waals surface area contributed by atoms with E-state index < -0.39 is 0 Å². The summed E-state index contributed by atoms with van der Waals surface area (Å²) in [5.41, 5.74) is 6.48. The van der Waals surface area contributed by atoms with E-state index in [4.69, 9.17) is 5.10 Å². The molecular weight excluding hydrogens is 338 g/mol. The second-order valence-electron chi connectivity index (χ2n) is 7.58. The molecule has 1 aliphatic heterocycles. The first-order valence-corrected chi connectivity index (χ1v) is 9.55. The predicted octanol–water partition coefficient (Wildman–Crippen LogP) is 2.90. The fourth-order valence-electron chi connectivity index (χ4n) is 4.27. The zero-order valence-electron chi connectivity index (χ0n) is 15.7. The number of fused-ring (bicyclic) bond motifs is 1. The summed E-state index contributed by atoms with van der Waals surface area (Å²) in [6, 6.07) is 10.4. The molecule has 0 bridgehead atoms. The summed E-state index contributed by atoms with van der Waals surface area (Å²) in [6.45, 7) is 1.28. The normalized spacial score (nSPS) is 16.4. The van der Waals surface area contributed by atoms with E-state index >= 15 is 0 Å². The van der Waals surface area contributed by atoms with Gasteiger partial charge in [-0.2, -0.15) is 10.2 Å². The molecule has 0 saturated heterocycles. The molecule has 0 atom stereocenters. The minimum atomic E-state index is 0.0857. The molecule has 138 valence electrons. The van der Waals surface area contributed by atoms with Crippen molar-refractivity contribution in [3.8, 4) is 11.3 Å². The molecule has 5 rings (SSSR count). The van der Waals surface area contributed by atoms with Crippen molar-refractivity contribution in [2.75, 3.05) is 6.54 Å². The van der Waals surface area contributed by atoms with Gasteiger partial charge in [0.2, 0.25) is 0 Å². The number of rotatable bonds is 3. The van der Waals surface area contributed by atoms with Gasteiger partial charge >= 0.3 is 0 Å². The van der Waals surface area contributed by atoms with Crippen LogP contribution in [-0.4, -0.2) is 36.9 Å². The molecule has 2 aliphatic rings. The molecule has 1 amide bonds. The zero-order chi connectivity index (χ0) is 18.5. The predicted molar refractivity (Wildman–Crippen MR) is 102 cm³/mol. The van der Waals surface area contributed by atoms with E-state index in [1.165, 1.54) is 11.1 Å². The maximum atomic E-state index is 13.2. The Morgan fingerprint density at radius 3 is 2.63 bits per heavy atom. The summed E-state index contributed by atoms with van der Waals surface area (Å²) in [4.78, 5) is 15.1. The lowest BCUT2D eigenvalue weighted by molar-refractivity contribution is 0.0731. The molecule has 0 radical (unpaired) electrons. The van der Waals surface area contributed by atoms with E-state index in [0.29, 0.717) is 12.5 Å². The number of hydrogen-bond donors (Lipinski definition) is 0. The molecule has 0 unspecified atom stereocenters. The highest BCUT2D eigenvalue weighted by Crippen LogP contribution is 2.42. The maximum absolute atomic E-state index is 13.2. The van der Waals surface area contributed by atoms with Crippen LogP contribution in [-0.2, 0) is 27.1 Å². The average molecular weight is 361 g/mol. The number of aryl methyl sites for hydroxylation is 2. The molecule has 0 N–H and O–H groups in total. The molecule has 1 aliphatic carbocycles. The Hall–Kier alpha value is -2.89. The zero-order valence-corrected chi connectivity index (χ0v) is 15.7. The number of carbonyl (C=O) groups is 1. The first kappa shape index (κ1) is 16.3. The number of nitrogens with zero attached hydrogens (tertiary/aromatic N) is 5. The molecule has 0 spiro atoms. The Labute approximate surface area is 158 Å². The van der Waals surface area contributed by atoms with E-state index in [-0.39, 0.29) is 5.91 Å². The summed E-state index contributed by atoms with van der Waals surface area (Å²) in [5, 5.41) is 9.08. The lowest BCUT2D eigenvalue weighted by atomic mass is 9.99. The lowest BCUT2D eigenvalue weighted by Gasteiger charge is -2.26. The second-order valence-corrected chi connectivity index (χ2v) is 7.58. The maximum Gasteiger partial charge on any atom is 0.257 e. The Bertz CT molecular complexity index is 1010. The van der Waals surface area contributed by atoms with Crippen LogP contribution in [0, 0.1) is 0 Å². The number of hydrogen-bond acceptors (Lipinski definition) is 3.